The van der Waals surface area contributed by atoms with Crippen LogP contribution >= 0.6 is 0 Å². The highest BCUT2D eigenvalue weighted by molar-refractivity contribution is 5.81. The van der Waals surface area contributed by atoms with E-state index in [0.717, 1.165) is 43.2 Å². The molecule has 1 aromatic carbocycles. The SMILES string of the molecule is CCC(CCCCOC)CC(=O)N(CC)Oc1ccc2[nH]ccc2c1. The number of carbonyl (C=O) groups is 1. The Morgan fingerprint density at radius 3 is 2.80 bits per heavy atom. The van der Waals surface area contributed by atoms with Crippen LogP contribution in [0, 0.1) is 5.92 Å². The second kappa shape index (κ2) is 10.1. The van der Waals surface area contributed by atoms with Gasteiger partial charge in [0.25, 0.3) is 5.91 Å². The minimum atomic E-state index is 0.0512. The number of hydrogen-bond donors (Lipinski definition) is 1. The average Bonchev–Trinajstić information content (AvgIpc) is 3.09. The lowest BCUT2D eigenvalue weighted by molar-refractivity contribution is -0.157. The minimum absolute atomic E-state index is 0.0512. The van der Waals surface area contributed by atoms with Crippen LogP contribution in [0.5, 0.6) is 5.75 Å². The molecular formula is C20H30N2O3. The maximum absolute atomic E-state index is 12.6. The lowest BCUT2D eigenvalue weighted by Gasteiger charge is -2.23. The highest BCUT2D eigenvalue weighted by Crippen LogP contribution is 2.22. The smallest absolute Gasteiger partial charge is 0.255 e. The summed E-state index contributed by atoms with van der Waals surface area (Å²) in [7, 11) is 1.72. The van der Waals surface area contributed by atoms with Gasteiger partial charge in [0, 0.05) is 37.2 Å². The van der Waals surface area contributed by atoms with E-state index in [1.807, 2.05) is 37.4 Å². The number of fused-ring (bicyclic) bond motifs is 1. The van der Waals surface area contributed by atoms with Crippen LogP contribution in [0.25, 0.3) is 10.9 Å². The Kier molecular flexibility index (Phi) is 7.79. The fourth-order valence-electron chi connectivity index (χ4n) is 2.99. The largest absolute Gasteiger partial charge is 0.385 e. The molecule has 0 spiro atoms. The standard InChI is InChI=1S/C20H30N2O3/c1-4-16(8-6-7-13-24-3)14-20(23)22(5-2)25-18-9-10-19-17(15-18)11-12-21-19/h9-12,15-16,21H,4-8,13-14H2,1-3H3. The van der Waals surface area contributed by atoms with Gasteiger partial charge >= 0.3 is 0 Å². The van der Waals surface area contributed by atoms with E-state index in [-0.39, 0.29) is 5.91 Å². The van der Waals surface area contributed by atoms with Gasteiger partial charge in [-0.05, 0) is 49.9 Å². The number of nitrogens with one attached hydrogen (secondary N) is 1. The van der Waals surface area contributed by atoms with E-state index in [2.05, 4.69) is 11.9 Å². The highest BCUT2D eigenvalue weighted by Gasteiger charge is 2.19. The fraction of sp³-hybridized carbons (Fsp3) is 0.550. The van der Waals surface area contributed by atoms with Gasteiger partial charge in [0.2, 0.25) is 0 Å². The zero-order chi connectivity index (χ0) is 18.1. The van der Waals surface area contributed by atoms with E-state index in [9.17, 15) is 4.79 Å². The van der Waals surface area contributed by atoms with E-state index in [1.54, 1.807) is 7.11 Å². The Morgan fingerprint density at radius 1 is 1.24 bits per heavy atom. The van der Waals surface area contributed by atoms with Gasteiger partial charge in [0.05, 0.1) is 6.54 Å². The topological polar surface area (TPSA) is 54.6 Å². The molecule has 1 atom stereocenters. The molecule has 1 unspecified atom stereocenters. The molecule has 0 radical (unpaired) electrons. The molecule has 5 nitrogen and oxygen atoms in total. The molecule has 0 saturated carbocycles. The van der Waals surface area contributed by atoms with E-state index >= 15 is 0 Å². The summed E-state index contributed by atoms with van der Waals surface area (Å²) in [6.07, 6.45) is 6.63. The summed E-state index contributed by atoms with van der Waals surface area (Å²) in [5.74, 6) is 1.14. The summed E-state index contributed by atoms with van der Waals surface area (Å²) in [6.45, 7) is 5.40. The number of unbranched alkanes of at least 4 members (excludes halogenated alkanes) is 1. The quantitative estimate of drug-likeness (QED) is 0.480. The van der Waals surface area contributed by atoms with Crippen molar-refractivity contribution >= 4 is 16.8 Å². The van der Waals surface area contributed by atoms with Crippen LogP contribution in [0.1, 0.15) is 46.0 Å². The van der Waals surface area contributed by atoms with Crippen molar-refractivity contribution in [1.29, 1.82) is 0 Å². The first-order valence-electron chi connectivity index (χ1n) is 9.22. The molecule has 1 N–H and O–H groups in total. The van der Waals surface area contributed by atoms with Gasteiger partial charge in [-0.25, -0.2) is 0 Å². The highest BCUT2D eigenvalue weighted by atomic mass is 16.7. The number of ether oxygens (including phenoxy) is 1. The van der Waals surface area contributed by atoms with E-state index in [1.165, 1.54) is 5.06 Å². The van der Waals surface area contributed by atoms with Crippen LogP contribution in [0.3, 0.4) is 0 Å². The van der Waals surface area contributed by atoms with Crippen molar-refractivity contribution in [2.45, 2.75) is 46.0 Å². The molecule has 0 saturated heterocycles. The van der Waals surface area contributed by atoms with E-state index in [4.69, 9.17) is 9.57 Å². The zero-order valence-electron chi connectivity index (χ0n) is 15.6. The molecule has 5 heteroatoms. The van der Waals surface area contributed by atoms with Crippen molar-refractivity contribution in [2.24, 2.45) is 5.92 Å². The first kappa shape index (κ1) is 19.3. The van der Waals surface area contributed by atoms with Gasteiger partial charge in [-0.15, -0.1) is 0 Å². The van der Waals surface area contributed by atoms with Crippen LogP contribution in [0.15, 0.2) is 30.5 Å². The van der Waals surface area contributed by atoms with Gasteiger partial charge in [-0.1, -0.05) is 19.8 Å². The van der Waals surface area contributed by atoms with Gasteiger partial charge in [0.15, 0.2) is 5.75 Å². The summed E-state index contributed by atoms with van der Waals surface area (Å²) in [5, 5.41) is 2.55. The number of hydroxylamine groups is 2. The van der Waals surface area contributed by atoms with Crippen molar-refractivity contribution in [3.8, 4) is 5.75 Å². The summed E-state index contributed by atoms with van der Waals surface area (Å²) in [4.78, 5) is 21.6. The monoisotopic (exact) mass is 346 g/mol. The van der Waals surface area contributed by atoms with Gasteiger partial charge in [-0.2, -0.15) is 5.06 Å². The van der Waals surface area contributed by atoms with Gasteiger partial charge in [-0.3, -0.25) is 4.79 Å². The first-order chi connectivity index (χ1) is 12.2. The number of H-pyrrole nitrogens is 1. The maximum Gasteiger partial charge on any atom is 0.255 e. The number of rotatable bonds is 11. The predicted molar refractivity (Wildman–Crippen MR) is 100 cm³/mol. The maximum atomic E-state index is 12.6. The molecule has 1 aromatic heterocycles. The van der Waals surface area contributed by atoms with Gasteiger partial charge < -0.3 is 14.6 Å². The van der Waals surface area contributed by atoms with Crippen LogP contribution in [-0.2, 0) is 9.53 Å². The van der Waals surface area contributed by atoms with Crippen molar-refractivity contribution < 1.29 is 14.4 Å². The minimum Gasteiger partial charge on any atom is -0.385 e. The number of aromatic nitrogens is 1. The lowest BCUT2D eigenvalue weighted by Crippen LogP contribution is -2.35. The zero-order valence-corrected chi connectivity index (χ0v) is 15.6. The Balaban J connectivity index is 1.90. The molecule has 0 bridgehead atoms. The molecule has 2 rings (SSSR count). The molecule has 1 amide bonds. The number of carbonyl (C=O) groups excluding carboxylic acids is 1. The van der Waals surface area contributed by atoms with Crippen LogP contribution in [0.4, 0.5) is 0 Å². The second-order valence-corrected chi connectivity index (χ2v) is 6.37. The number of aromatic amines is 1. The van der Waals surface area contributed by atoms with Crippen LogP contribution in [0.2, 0.25) is 0 Å². The molecule has 138 valence electrons. The fourth-order valence-corrected chi connectivity index (χ4v) is 2.99. The third-order valence-electron chi connectivity index (χ3n) is 4.56. The summed E-state index contributed by atoms with van der Waals surface area (Å²) < 4.78 is 5.09. The molecule has 2 aromatic rings. The van der Waals surface area contributed by atoms with Gasteiger partial charge in [0.1, 0.15) is 0 Å². The summed E-state index contributed by atoms with van der Waals surface area (Å²) >= 11 is 0. The Hall–Kier alpha value is -2.01. The molecule has 0 fully saturated rings. The molecular weight excluding hydrogens is 316 g/mol. The van der Waals surface area contributed by atoms with Crippen molar-refractivity contribution in [3.63, 3.8) is 0 Å². The first-order valence-corrected chi connectivity index (χ1v) is 9.22. The lowest BCUT2D eigenvalue weighted by atomic mass is 9.95. The summed E-state index contributed by atoms with van der Waals surface area (Å²) in [6, 6.07) is 7.79. The van der Waals surface area contributed by atoms with Crippen LogP contribution < -0.4 is 4.84 Å². The van der Waals surface area contributed by atoms with Crippen molar-refractivity contribution in [3.05, 3.63) is 30.5 Å². The number of methoxy groups -OCH3 is 1. The molecule has 0 aliphatic heterocycles. The Bertz CT molecular complexity index is 653. The van der Waals surface area contributed by atoms with E-state index < -0.39 is 0 Å². The molecule has 0 aliphatic carbocycles. The Labute approximate surface area is 150 Å². The normalized spacial score (nSPS) is 12.3. The molecule has 0 aliphatic rings. The number of hydrogen-bond acceptors (Lipinski definition) is 3. The predicted octanol–water partition coefficient (Wildman–Crippen LogP) is 4.54. The Morgan fingerprint density at radius 2 is 2.08 bits per heavy atom. The third kappa shape index (κ3) is 5.78. The molecule has 1 heterocycles. The number of amides is 1. The van der Waals surface area contributed by atoms with Crippen molar-refractivity contribution in [1.82, 2.24) is 10.0 Å². The van der Waals surface area contributed by atoms with E-state index in [0.29, 0.717) is 24.6 Å². The van der Waals surface area contributed by atoms with Crippen molar-refractivity contribution in [2.75, 3.05) is 20.3 Å². The molecule has 25 heavy (non-hydrogen) atoms. The van der Waals surface area contributed by atoms with Crippen LogP contribution in [-0.4, -0.2) is 36.2 Å². The third-order valence-corrected chi connectivity index (χ3v) is 4.56. The summed E-state index contributed by atoms with van der Waals surface area (Å²) in [5.41, 5.74) is 1.06. The average molecular weight is 346 g/mol. The second-order valence-electron chi connectivity index (χ2n) is 6.37. The number of nitrogens with zero attached hydrogens (tertiary/aromatic N) is 1. The number of benzene rings is 1.